The molecule has 2 N–H and O–H groups in total. The van der Waals surface area contributed by atoms with Crippen molar-refractivity contribution in [2.24, 2.45) is 0 Å². The molecule has 1 aliphatic rings. The number of phenolic OH excluding ortho intramolecular Hbond substituents is 1. The first-order valence-corrected chi connectivity index (χ1v) is 9.91. The van der Waals surface area contributed by atoms with Gasteiger partial charge in [0.25, 0.3) is 0 Å². The fraction of sp³-hybridized carbons (Fsp3) is 0.280. The molecule has 0 aromatic heterocycles. The number of aliphatic hydroxyl groups is 1. The van der Waals surface area contributed by atoms with Gasteiger partial charge in [0.2, 0.25) is 0 Å². The fourth-order valence-corrected chi connectivity index (χ4v) is 4.29. The summed E-state index contributed by atoms with van der Waals surface area (Å²) in [6.45, 7) is 0.580. The van der Waals surface area contributed by atoms with E-state index in [2.05, 4.69) is 24.3 Å². The van der Waals surface area contributed by atoms with Crippen molar-refractivity contribution in [3.63, 3.8) is 0 Å². The van der Waals surface area contributed by atoms with E-state index >= 15 is 0 Å². The molecule has 0 unspecified atom stereocenters. The van der Waals surface area contributed by atoms with Gasteiger partial charge in [0.15, 0.2) is 0 Å². The molecule has 0 spiro atoms. The molecule has 3 heteroatoms. The van der Waals surface area contributed by atoms with Crippen molar-refractivity contribution in [2.75, 3.05) is 6.61 Å². The van der Waals surface area contributed by atoms with E-state index in [1.165, 1.54) is 11.1 Å². The Bertz CT molecular complexity index is 839. The van der Waals surface area contributed by atoms with Crippen LogP contribution in [0, 0.1) is 0 Å². The summed E-state index contributed by atoms with van der Waals surface area (Å²) in [5.41, 5.74) is 3.24. The maximum absolute atomic E-state index is 11.1. The normalized spacial score (nSPS) is 22.3. The number of phenols is 1. The van der Waals surface area contributed by atoms with E-state index in [1.54, 1.807) is 6.07 Å². The van der Waals surface area contributed by atoms with Crippen molar-refractivity contribution in [3.05, 3.63) is 102 Å². The molecule has 1 heterocycles. The second-order valence-corrected chi connectivity index (χ2v) is 7.46. The molecule has 3 aromatic rings. The standard InChI is InChI=1S/C25H26O3/c26-23-14-8-7-13-20(23)21-15-16-28-24(25(21)27)17-22(18-9-3-1-4-10-18)19-11-5-2-6-12-19/h1-14,21-22,24-27H,15-17H2/t21-,24+,25-/m0/s1. The summed E-state index contributed by atoms with van der Waals surface area (Å²) in [6, 6.07) is 28.1. The maximum atomic E-state index is 11.1. The lowest BCUT2D eigenvalue weighted by Gasteiger charge is -2.37. The van der Waals surface area contributed by atoms with Gasteiger partial charge in [-0.3, -0.25) is 0 Å². The molecule has 0 bridgehead atoms. The lowest BCUT2D eigenvalue weighted by molar-refractivity contribution is -0.0905. The fourth-order valence-electron chi connectivity index (χ4n) is 4.29. The minimum absolute atomic E-state index is 0.118. The first-order chi connectivity index (χ1) is 13.7. The van der Waals surface area contributed by atoms with Crippen LogP contribution in [0.4, 0.5) is 0 Å². The van der Waals surface area contributed by atoms with Crippen molar-refractivity contribution in [1.82, 2.24) is 0 Å². The highest BCUT2D eigenvalue weighted by atomic mass is 16.5. The summed E-state index contributed by atoms with van der Waals surface area (Å²) in [4.78, 5) is 0. The second kappa shape index (κ2) is 8.59. The SMILES string of the molecule is Oc1ccccc1[C@@H]1CCO[C@H](CC(c2ccccc2)c2ccccc2)[C@H]1O. The Morgan fingerprint density at radius 3 is 2.00 bits per heavy atom. The molecule has 0 saturated carbocycles. The summed E-state index contributed by atoms with van der Waals surface area (Å²) >= 11 is 0. The van der Waals surface area contributed by atoms with Crippen LogP contribution >= 0.6 is 0 Å². The Labute approximate surface area is 166 Å². The maximum Gasteiger partial charge on any atom is 0.119 e. The van der Waals surface area contributed by atoms with Crippen LogP contribution in [-0.4, -0.2) is 29.0 Å². The van der Waals surface area contributed by atoms with Crippen LogP contribution in [0.25, 0.3) is 0 Å². The molecule has 4 rings (SSSR count). The monoisotopic (exact) mass is 374 g/mol. The molecule has 144 valence electrons. The van der Waals surface area contributed by atoms with Gasteiger partial charge in [-0.15, -0.1) is 0 Å². The molecule has 0 amide bonds. The van der Waals surface area contributed by atoms with Crippen LogP contribution in [0.5, 0.6) is 5.75 Å². The van der Waals surface area contributed by atoms with Crippen LogP contribution in [-0.2, 0) is 4.74 Å². The van der Waals surface area contributed by atoms with Crippen LogP contribution < -0.4 is 0 Å². The quantitative estimate of drug-likeness (QED) is 0.671. The summed E-state index contributed by atoms with van der Waals surface area (Å²) in [7, 11) is 0. The Morgan fingerprint density at radius 1 is 0.821 bits per heavy atom. The highest BCUT2D eigenvalue weighted by Crippen LogP contribution is 2.39. The predicted octanol–water partition coefficient (Wildman–Crippen LogP) is 4.85. The molecule has 3 atom stereocenters. The molecule has 1 fully saturated rings. The summed E-state index contributed by atoms with van der Waals surface area (Å²) in [6.07, 6.45) is 0.455. The lowest BCUT2D eigenvalue weighted by atomic mass is 9.79. The lowest BCUT2D eigenvalue weighted by Crippen LogP contribution is -2.40. The van der Waals surface area contributed by atoms with Crippen molar-refractivity contribution >= 4 is 0 Å². The van der Waals surface area contributed by atoms with Gasteiger partial charge >= 0.3 is 0 Å². The third-order valence-corrected chi connectivity index (χ3v) is 5.76. The van der Waals surface area contributed by atoms with Crippen molar-refractivity contribution in [3.8, 4) is 5.75 Å². The van der Waals surface area contributed by atoms with Crippen molar-refractivity contribution < 1.29 is 14.9 Å². The Morgan fingerprint density at radius 2 is 1.39 bits per heavy atom. The summed E-state index contributed by atoms with van der Waals surface area (Å²) in [5.74, 6) is 0.271. The molecule has 0 radical (unpaired) electrons. The van der Waals surface area contributed by atoms with Gasteiger partial charge in [0.05, 0.1) is 12.2 Å². The Kier molecular flexibility index (Phi) is 5.75. The van der Waals surface area contributed by atoms with E-state index in [9.17, 15) is 10.2 Å². The van der Waals surface area contributed by atoms with Crippen molar-refractivity contribution in [1.29, 1.82) is 0 Å². The molecule has 1 aliphatic heterocycles. The number of ether oxygens (including phenoxy) is 1. The number of aliphatic hydroxyl groups excluding tert-OH is 1. The highest BCUT2D eigenvalue weighted by Gasteiger charge is 2.36. The van der Waals surface area contributed by atoms with Gasteiger partial charge < -0.3 is 14.9 Å². The summed E-state index contributed by atoms with van der Waals surface area (Å²) < 4.78 is 6.02. The topological polar surface area (TPSA) is 49.7 Å². The number of rotatable bonds is 5. The molecule has 0 aliphatic carbocycles. The first-order valence-electron chi connectivity index (χ1n) is 9.91. The zero-order valence-electron chi connectivity index (χ0n) is 15.8. The molecule has 3 nitrogen and oxygen atoms in total. The number of hydrogen-bond acceptors (Lipinski definition) is 3. The number of hydrogen-bond donors (Lipinski definition) is 2. The molecular formula is C25H26O3. The highest BCUT2D eigenvalue weighted by molar-refractivity contribution is 5.37. The zero-order valence-corrected chi connectivity index (χ0v) is 15.8. The predicted molar refractivity (Wildman–Crippen MR) is 111 cm³/mol. The van der Waals surface area contributed by atoms with E-state index in [4.69, 9.17) is 4.74 Å². The second-order valence-electron chi connectivity index (χ2n) is 7.46. The van der Waals surface area contributed by atoms with Gasteiger partial charge in [0.1, 0.15) is 5.75 Å². The van der Waals surface area contributed by atoms with E-state index in [1.807, 2.05) is 54.6 Å². The van der Waals surface area contributed by atoms with Gasteiger partial charge in [-0.1, -0.05) is 78.9 Å². The number of para-hydroxylation sites is 1. The number of aromatic hydroxyl groups is 1. The van der Waals surface area contributed by atoms with E-state index in [-0.39, 0.29) is 23.7 Å². The van der Waals surface area contributed by atoms with E-state index < -0.39 is 6.10 Å². The average Bonchev–Trinajstić information content (AvgIpc) is 2.75. The van der Waals surface area contributed by atoms with E-state index in [0.717, 1.165) is 5.56 Å². The molecule has 3 aromatic carbocycles. The first kappa shape index (κ1) is 18.7. The van der Waals surface area contributed by atoms with Crippen molar-refractivity contribution in [2.45, 2.75) is 36.9 Å². The average molecular weight is 374 g/mol. The Hall–Kier alpha value is -2.62. The van der Waals surface area contributed by atoms with Gasteiger partial charge in [-0.25, -0.2) is 0 Å². The van der Waals surface area contributed by atoms with E-state index in [0.29, 0.717) is 19.4 Å². The van der Waals surface area contributed by atoms with Gasteiger partial charge in [-0.05, 0) is 35.6 Å². The van der Waals surface area contributed by atoms with Gasteiger partial charge in [0, 0.05) is 18.4 Å². The van der Waals surface area contributed by atoms with Crippen LogP contribution in [0.3, 0.4) is 0 Å². The molecule has 1 saturated heterocycles. The summed E-state index contributed by atoms with van der Waals surface area (Å²) in [5, 5.41) is 21.4. The smallest absolute Gasteiger partial charge is 0.119 e. The number of benzene rings is 3. The largest absolute Gasteiger partial charge is 0.508 e. The van der Waals surface area contributed by atoms with Crippen LogP contribution in [0.15, 0.2) is 84.9 Å². The minimum atomic E-state index is -0.656. The zero-order chi connectivity index (χ0) is 19.3. The molecule has 28 heavy (non-hydrogen) atoms. The Balaban J connectivity index is 1.60. The third kappa shape index (κ3) is 3.96. The van der Waals surface area contributed by atoms with Gasteiger partial charge in [-0.2, -0.15) is 0 Å². The third-order valence-electron chi connectivity index (χ3n) is 5.76. The van der Waals surface area contributed by atoms with Crippen LogP contribution in [0.1, 0.15) is 41.4 Å². The minimum Gasteiger partial charge on any atom is -0.508 e. The van der Waals surface area contributed by atoms with Crippen LogP contribution in [0.2, 0.25) is 0 Å². The molecular weight excluding hydrogens is 348 g/mol.